The van der Waals surface area contributed by atoms with Crippen molar-refractivity contribution in [2.24, 2.45) is 28.6 Å². The normalized spacial score (nSPS) is 27.0. The quantitative estimate of drug-likeness (QED) is 0.678. The van der Waals surface area contributed by atoms with Gasteiger partial charge in [-0.2, -0.15) is 0 Å². The highest BCUT2D eigenvalue weighted by atomic mass is 14.9. The van der Waals surface area contributed by atoms with Gasteiger partial charge in [0.25, 0.3) is 0 Å². The smallest absolute Gasteiger partial charge is 0.00177 e. The van der Waals surface area contributed by atoms with Gasteiger partial charge in [0.15, 0.2) is 0 Å². The van der Waals surface area contributed by atoms with Crippen molar-refractivity contribution in [1.29, 1.82) is 0 Å². The zero-order chi connectivity index (χ0) is 15.4. The van der Waals surface area contributed by atoms with Crippen LogP contribution in [0.1, 0.15) is 80.6 Å². The second kappa shape index (κ2) is 7.29. The first-order valence-electron chi connectivity index (χ1n) is 8.80. The zero-order valence-electron chi connectivity index (χ0n) is 15.2. The van der Waals surface area contributed by atoms with Gasteiger partial charge in [-0.1, -0.05) is 48.5 Å². The average molecular weight is 282 g/mol. The molecule has 0 radical (unpaired) electrons. The Morgan fingerprint density at radius 1 is 1.15 bits per heavy atom. The van der Waals surface area contributed by atoms with Gasteiger partial charge in [-0.05, 0) is 73.8 Å². The van der Waals surface area contributed by atoms with Crippen LogP contribution in [0.5, 0.6) is 0 Å². The summed E-state index contributed by atoms with van der Waals surface area (Å²) in [5.41, 5.74) is 1.05. The number of rotatable bonds is 6. The highest BCUT2D eigenvalue weighted by molar-refractivity contribution is 4.86. The van der Waals surface area contributed by atoms with Gasteiger partial charge in [0.2, 0.25) is 0 Å². The summed E-state index contributed by atoms with van der Waals surface area (Å²) in [6, 6.07) is 0. The summed E-state index contributed by atoms with van der Waals surface area (Å²) in [6.45, 7) is 19.1. The molecule has 1 heteroatoms. The van der Waals surface area contributed by atoms with Crippen molar-refractivity contribution >= 4 is 0 Å². The van der Waals surface area contributed by atoms with E-state index in [1.165, 1.54) is 45.2 Å². The van der Waals surface area contributed by atoms with E-state index in [9.17, 15) is 0 Å². The van der Waals surface area contributed by atoms with E-state index in [0.29, 0.717) is 10.8 Å². The number of hydrogen-bond donors (Lipinski definition) is 1. The van der Waals surface area contributed by atoms with Gasteiger partial charge in [0, 0.05) is 0 Å². The Hall–Kier alpha value is -0.0400. The van der Waals surface area contributed by atoms with E-state index in [2.05, 4.69) is 53.8 Å². The highest BCUT2D eigenvalue weighted by Gasteiger charge is 2.34. The van der Waals surface area contributed by atoms with Crippen LogP contribution in [0.15, 0.2) is 0 Å². The van der Waals surface area contributed by atoms with E-state index in [-0.39, 0.29) is 0 Å². The van der Waals surface area contributed by atoms with Gasteiger partial charge in [-0.25, -0.2) is 0 Å². The molecule has 1 saturated carbocycles. The molecule has 0 amide bonds. The molecule has 1 rings (SSSR count). The summed E-state index contributed by atoms with van der Waals surface area (Å²) >= 11 is 0. The maximum atomic E-state index is 3.71. The van der Waals surface area contributed by atoms with Gasteiger partial charge in [0.1, 0.15) is 0 Å². The molecule has 1 aliphatic rings. The lowest BCUT2D eigenvalue weighted by Crippen LogP contribution is -2.37. The summed E-state index contributed by atoms with van der Waals surface area (Å²) in [7, 11) is 0. The average Bonchev–Trinajstić information content (AvgIpc) is 2.27. The first-order valence-corrected chi connectivity index (χ1v) is 8.80. The summed E-state index contributed by atoms with van der Waals surface area (Å²) in [4.78, 5) is 0. The minimum atomic E-state index is 0.484. The molecule has 1 N–H and O–H groups in total. The van der Waals surface area contributed by atoms with Crippen molar-refractivity contribution in [2.45, 2.75) is 80.6 Å². The van der Waals surface area contributed by atoms with Crippen molar-refractivity contribution in [3.63, 3.8) is 0 Å². The van der Waals surface area contributed by atoms with Crippen LogP contribution < -0.4 is 5.32 Å². The molecule has 0 bridgehead atoms. The standard InChI is InChI=1S/C19H39N/c1-15(2)13-20-14-17-9-11-19(6,7)12-16(17)8-10-18(3,4)5/h15-17,20H,8-14H2,1-7H3. The first kappa shape index (κ1) is 18.0. The highest BCUT2D eigenvalue weighted by Crippen LogP contribution is 2.44. The summed E-state index contributed by atoms with van der Waals surface area (Å²) < 4.78 is 0. The van der Waals surface area contributed by atoms with Gasteiger partial charge < -0.3 is 5.32 Å². The first-order chi connectivity index (χ1) is 9.09. The third-order valence-electron chi connectivity index (χ3n) is 4.90. The molecule has 20 heavy (non-hydrogen) atoms. The van der Waals surface area contributed by atoms with Crippen LogP contribution in [0.25, 0.3) is 0 Å². The third-order valence-corrected chi connectivity index (χ3v) is 4.90. The summed E-state index contributed by atoms with van der Waals surface area (Å²) in [5, 5.41) is 3.71. The maximum Gasteiger partial charge on any atom is -0.00177 e. The predicted octanol–water partition coefficient (Wildman–Crippen LogP) is 5.50. The van der Waals surface area contributed by atoms with Gasteiger partial charge in [0.05, 0.1) is 0 Å². The summed E-state index contributed by atoms with van der Waals surface area (Å²) in [6.07, 6.45) is 7.05. The minimum Gasteiger partial charge on any atom is -0.316 e. The van der Waals surface area contributed by atoms with E-state index >= 15 is 0 Å². The Balaban J connectivity index is 2.51. The van der Waals surface area contributed by atoms with Crippen molar-refractivity contribution in [3.05, 3.63) is 0 Å². The Morgan fingerprint density at radius 2 is 1.80 bits per heavy atom. The lowest BCUT2D eigenvalue weighted by molar-refractivity contribution is 0.0996. The third kappa shape index (κ3) is 7.11. The molecular weight excluding hydrogens is 242 g/mol. The van der Waals surface area contributed by atoms with Crippen LogP contribution >= 0.6 is 0 Å². The van der Waals surface area contributed by atoms with Crippen molar-refractivity contribution in [3.8, 4) is 0 Å². The molecule has 0 aromatic heterocycles. The largest absolute Gasteiger partial charge is 0.316 e. The van der Waals surface area contributed by atoms with E-state index in [0.717, 1.165) is 17.8 Å². The molecule has 0 spiro atoms. The van der Waals surface area contributed by atoms with Gasteiger partial charge in [-0.15, -0.1) is 0 Å². The molecule has 1 nitrogen and oxygen atoms in total. The molecule has 1 fully saturated rings. The second-order valence-corrected chi connectivity index (χ2v) is 9.58. The number of nitrogens with one attached hydrogen (secondary N) is 1. The van der Waals surface area contributed by atoms with Crippen molar-refractivity contribution in [2.75, 3.05) is 13.1 Å². The maximum absolute atomic E-state index is 3.71. The molecule has 2 unspecified atom stereocenters. The molecule has 0 aromatic carbocycles. The molecule has 0 heterocycles. The SMILES string of the molecule is CC(C)CNCC1CCC(C)(C)CC1CCC(C)(C)C. The van der Waals surface area contributed by atoms with Crippen LogP contribution in [0.3, 0.4) is 0 Å². The van der Waals surface area contributed by atoms with Gasteiger partial charge in [-0.3, -0.25) is 0 Å². The number of hydrogen-bond acceptors (Lipinski definition) is 1. The van der Waals surface area contributed by atoms with Crippen LogP contribution in [-0.2, 0) is 0 Å². The lowest BCUT2D eigenvalue weighted by Gasteiger charge is -2.42. The van der Waals surface area contributed by atoms with Crippen molar-refractivity contribution in [1.82, 2.24) is 5.32 Å². The fraction of sp³-hybridized carbons (Fsp3) is 1.00. The van der Waals surface area contributed by atoms with Crippen LogP contribution in [-0.4, -0.2) is 13.1 Å². The monoisotopic (exact) mass is 281 g/mol. The molecule has 2 atom stereocenters. The van der Waals surface area contributed by atoms with Crippen LogP contribution in [0, 0.1) is 28.6 Å². The molecule has 120 valence electrons. The summed E-state index contributed by atoms with van der Waals surface area (Å²) in [5.74, 6) is 2.60. The Bertz CT molecular complexity index is 272. The van der Waals surface area contributed by atoms with Crippen molar-refractivity contribution < 1.29 is 0 Å². The Labute approximate surface area is 128 Å². The molecule has 1 aliphatic carbocycles. The topological polar surface area (TPSA) is 12.0 Å². The molecular formula is C19H39N. The molecule has 0 aliphatic heterocycles. The van der Waals surface area contributed by atoms with E-state index in [1.54, 1.807) is 0 Å². The van der Waals surface area contributed by atoms with E-state index in [1.807, 2.05) is 0 Å². The Kier molecular flexibility index (Phi) is 6.57. The predicted molar refractivity (Wildman–Crippen MR) is 91.0 cm³/mol. The fourth-order valence-electron chi connectivity index (χ4n) is 3.57. The van der Waals surface area contributed by atoms with Crippen LogP contribution in [0.2, 0.25) is 0 Å². The lowest BCUT2D eigenvalue weighted by atomic mass is 9.65. The molecule has 0 saturated heterocycles. The van der Waals surface area contributed by atoms with Crippen LogP contribution in [0.4, 0.5) is 0 Å². The molecule has 0 aromatic rings. The van der Waals surface area contributed by atoms with E-state index in [4.69, 9.17) is 0 Å². The van der Waals surface area contributed by atoms with E-state index < -0.39 is 0 Å². The minimum absolute atomic E-state index is 0.484. The fourth-order valence-corrected chi connectivity index (χ4v) is 3.57. The second-order valence-electron chi connectivity index (χ2n) is 9.58. The zero-order valence-corrected chi connectivity index (χ0v) is 15.2. The Morgan fingerprint density at radius 3 is 2.35 bits per heavy atom. The van der Waals surface area contributed by atoms with Gasteiger partial charge >= 0.3 is 0 Å².